The molecule has 0 atom stereocenters. The maximum Gasteiger partial charge on any atom is 0.258 e. The predicted molar refractivity (Wildman–Crippen MR) is 109 cm³/mol. The quantitative estimate of drug-likeness (QED) is 0.587. The molecular weight excluding hydrogens is 370 g/mol. The minimum absolute atomic E-state index is 0.0693. The van der Waals surface area contributed by atoms with Crippen LogP contribution in [0.1, 0.15) is 26.3 Å². The maximum absolute atomic E-state index is 11.9. The average Bonchev–Trinajstić information content (AvgIpc) is 3.25. The van der Waals surface area contributed by atoms with Crippen molar-refractivity contribution in [3.05, 3.63) is 60.5 Å². The van der Waals surface area contributed by atoms with Gasteiger partial charge in [-0.05, 0) is 47.4 Å². The standard InChI is InChI=1S/C22H25N3O4/c1-22(2,3)17-6-10-18(11-7-17)27-13-12-23-20(26)14-28-19-8-4-16(5-9-19)21-25-24-15-29-21/h4-11,15H,12-14H2,1-3H3,(H,23,26). The Morgan fingerprint density at radius 1 is 1.00 bits per heavy atom. The second kappa shape index (κ2) is 9.23. The molecule has 3 rings (SSSR count). The molecule has 0 unspecified atom stereocenters. The van der Waals surface area contributed by atoms with E-state index in [1.165, 1.54) is 12.0 Å². The van der Waals surface area contributed by atoms with Crippen LogP contribution in [0.4, 0.5) is 0 Å². The summed E-state index contributed by atoms with van der Waals surface area (Å²) in [5.74, 6) is 1.59. The van der Waals surface area contributed by atoms with Crippen LogP contribution >= 0.6 is 0 Å². The number of carbonyl (C=O) groups is 1. The molecule has 7 heteroatoms. The summed E-state index contributed by atoms with van der Waals surface area (Å²) in [5.41, 5.74) is 2.15. The summed E-state index contributed by atoms with van der Waals surface area (Å²) < 4.78 is 16.3. The SMILES string of the molecule is CC(C)(C)c1ccc(OCCNC(=O)COc2ccc(-c3nnco3)cc2)cc1. The molecule has 0 aliphatic rings. The van der Waals surface area contributed by atoms with E-state index >= 15 is 0 Å². The first kappa shape index (κ1) is 20.4. The van der Waals surface area contributed by atoms with Gasteiger partial charge in [0.2, 0.25) is 12.3 Å². The highest BCUT2D eigenvalue weighted by Gasteiger charge is 2.13. The molecule has 0 saturated carbocycles. The van der Waals surface area contributed by atoms with E-state index < -0.39 is 0 Å². The summed E-state index contributed by atoms with van der Waals surface area (Å²) in [7, 11) is 0. The van der Waals surface area contributed by atoms with Crippen molar-refractivity contribution in [3.63, 3.8) is 0 Å². The van der Waals surface area contributed by atoms with Gasteiger partial charge in [0.25, 0.3) is 5.91 Å². The van der Waals surface area contributed by atoms with Crippen LogP contribution in [0.2, 0.25) is 0 Å². The molecule has 7 nitrogen and oxygen atoms in total. The Balaban J connectivity index is 1.35. The van der Waals surface area contributed by atoms with Crippen molar-refractivity contribution in [2.75, 3.05) is 19.8 Å². The molecule has 1 amide bonds. The molecule has 2 aromatic carbocycles. The minimum Gasteiger partial charge on any atom is -0.492 e. The molecule has 0 aliphatic heterocycles. The van der Waals surface area contributed by atoms with Crippen molar-refractivity contribution < 1.29 is 18.7 Å². The number of rotatable bonds is 8. The third-order valence-electron chi connectivity index (χ3n) is 4.24. The van der Waals surface area contributed by atoms with Crippen LogP contribution in [0.3, 0.4) is 0 Å². The van der Waals surface area contributed by atoms with E-state index in [1.54, 1.807) is 24.3 Å². The first-order valence-corrected chi connectivity index (χ1v) is 9.41. The molecule has 152 valence electrons. The topological polar surface area (TPSA) is 86.5 Å². The maximum atomic E-state index is 11.9. The normalized spacial score (nSPS) is 11.1. The van der Waals surface area contributed by atoms with Gasteiger partial charge in [-0.1, -0.05) is 32.9 Å². The van der Waals surface area contributed by atoms with Gasteiger partial charge in [-0.2, -0.15) is 0 Å². The summed E-state index contributed by atoms with van der Waals surface area (Å²) in [6, 6.07) is 15.1. The van der Waals surface area contributed by atoms with Gasteiger partial charge in [0.1, 0.15) is 18.1 Å². The van der Waals surface area contributed by atoms with Gasteiger partial charge in [0.05, 0.1) is 6.54 Å². The zero-order chi connectivity index (χ0) is 20.7. The highest BCUT2D eigenvalue weighted by atomic mass is 16.5. The summed E-state index contributed by atoms with van der Waals surface area (Å²) >= 11 is 0. The number of amides is 1. The van der Waals surface area contributed by atoms with Crippen LogP contribution in [0.5, 0.6) is 11.5 Å². The molecule has 29 heavy (non-hydrogen) atoms. The van der Waals surface area contributed by atoms with Crippen molar-refractivity contribution in [2.24, 2.45) is 0 Å². The number of carbonyl (C=O) groups excluding carboxylic acids is 1. The highest BCUT2D eigenvalue weighted by Crippen LogP contribution is 2.24. The lowest BCUT2D eigenvalue weighted by Gasteiger charge is -2.19. The first-order chi connectivity index (χ1) is 13.9. The number of hydrogen-bond acceptors (Lipinski definition) is 6. The van der Waals surface area contributed by atoms with E-state index in [-0.39, 0.29) is 17.9 Å². The Bertz CT molecular complexity index is 899. The van der Waals surface area contributed by atoms with Crippen molar-refractivity contribution in [1.29, 1.82) is 0 Å². The molecule has 0 fully saturated rings. The summed E-state index contributed by atoms with van der Waals surface area (Å²) in [6.07, 6.45) is 1.27. The Kier molecular flexibility index (Phi) is 6.49. The Morgan fingerprint density at radius 3 is 2.28 bits per heavy atom. The zero-order valence-corrected chi connectivity index (χ0v) is 16.8. The zero-order valence-electron chi connectivity index (χ0n) is 16.8. The van der Waals surface area contributed by atoms with Crippen molar-refractivity contribution in [2.45, 2.75) is 26.2 Å². The summed E-state index contributed by atoms with van der Waals surface area (Å²) in [5, 5.41) is 10.2. The number of benzene rings is 2. The fourth-order valence-electron chi connectivity index (χ4n) is 2.60. The first-order valence-electron chi connectivity index (χ1n) is 9.41. The summed E-state index contributed by atoms with van der Waals surface area (Å²) in [6.45, 7) is 7.23. The van der Waals surface area contributed by atoms with Gasteiger partial charge in [0.15, 0.2) is 6.61 Å². The fourth-order valence-corrected chi connectivity index (χ4v) is 2.60. The Morgan fingerprint density at radius 2 is 1.66 bits per heavy atom. The van der Waals surface area contributed by atoms with E-state index in [4.69, 9.17) is 13.9 Å². The lowest BCUT2D eigenvalue weighted by Crippen LogP contribution is -2.32. The van der Waals surface area contributed by atoms with Gasteiger partial charge in [-0.25, -0.2) is 0 Å². The Hall–Kier alpha value is -3.35. The molecule has 0 bridgehead atoms. The van der Waals surface area contributed by atoms with Crippen LogP contribution in [0.25, 0.3) is 11.5 Å². The monoisotopic (exact) mass is 395 g/mol. The molecular formula is C22H25N3O4. The lowest BCUT2D eigenvalue weighted by molar-refractivity contribution is -0.123. The van der Waals surface area contributed by atoms with Crippen molar-refractivity contribution >= 4 is 5.91 Å². The third-order valence-corrected chi connectivity index (χ3v) is 4.24. The van der Waals surface area contributed by atoms with Gasteiger partial charge in [-0.15, -0.1) is 10.2 Å². The van der Waals surface area contributed by atoms with Gasteiger partial charge < -0.3 is 19.2 Å². The largest absolute Gasteiger partial charge is 0.492 e. The second-order valence-corrected chi connectivity index (χ2v) is 7.53. The van der Waals surface area contributed by atoms with Crippen LogP contribution in [0.15, 0.2) is 59.3 Å². The average molecular weight is 395 g/mol. The van der Waals surface area contributed by atoms with Crippen LogP contribution in [-0.4, -0.2) is 35.9 Å². The van der Waals surface area contributed by atoms with Crippen LogP contribution in [-0.2, 0) is 10.2 Å². The van der Waals surface area contributed by atoms with Gasteiger partial charge in [0, 0.05) is 5.56 Å². The number of ether oxygens (including phenoxy) is 2. The lowest BCUT2D eigenvalue weighted by atomic mass is 9.87. The second-order valence-electron chi connectivity index (χ2n) is 7.53. The van der Waals surface area contributed by atoms with E-state index in [2.05, 4.69) is 48.4 Å². The van der Waals surface area contributed by atoms with E-state index in [0.29, 0.717) is 24.8 Å². The smallest absolute Gasteiger partial charge is 0.258 e. The van der Waals surface area contributed by atoms with Crippen molar-refractivity contribution in [3.8, 4) is 23.0 Å². The molecule has 1 heterocycles. The van der Waals surface area contributed by atoms with Gasteiger partial charge in [-0.3, -0.25) is 4.79 Å². The third kappa shape index (κ3) is 6.07. The number of hydrogen-bond donors (Lipinski definition) is 1. The van der Waals surface area contributed by atoms with E-state index in [1.807, 2.05) is 12.1 Å². The molecule has 0 saturated heterocycles. The Labute approximate surface area is 170 Å². The van der Waals surface area contributed by atoms with Crippen LogP contribution in [0, 0.1) is 0 Å². The number of aromatic nitrogens is 2. The van der Waals surface area contributed by atoms with Crippen molar-refractivity contribution in [1.82, 2.24) is 15.5 Å². The predicted octanol–water partition coefficient (Wildman–Crippen LogP) is 3.61. The van der Waals surface area contributed by atoms with E-state index in [0.717, 1.165) is 11.3 Å². The molecule has 3 aromatic rings. The van der Waals surface area contributed by atoms with E-state index in [9.17, 15) is 4.79 Å². The van der Waals surface area contributed by atoms with Gasteiger partial charge >= 0.3 is 0 Å². The number of nitrogens with zero attached hydrogens (tertiary/aromatic N) is 2. The molecule has 1 aromatic heterocycles. The number of nitrogens with one attached hydrogen (secondary N) is 1. The summed E-state index contributed by atoms with van der Waals surface area (Å²) in [4.78, 5) is 11.9. The molecule has 0 spiro atoms. The molecule has 1 N–H and O–H groups in total. The molecule has 0 aliphatic carbocycles. The fraction of sp³-hybridized carbons (Fsp3) is 0.318. The molecule has 0 radical (unpaired) electrons. The van der Waals surface area contributed by atoms with Crippen LogP contribution < -0.4 is 14.8 Å². The highest BCUT2D eigenvalue weighted by molar-refractivity contribution is 5.77. The minimum atomic E-state index is -0.211.